The Hall–Kier alpha value is -0.930. The second kappa shape index (κ2) is 23.6. The van der Waals surface area contributed by atoms with Crippen molar-refractivity contribution >= 4 is 34.8 Å². The molecule has 3 N–H and O–H groups in total. The zero-order valence-corrected chi connectivity index (χ0v) is 27.1. The van der Waals surface area contributed by atoms with Gasteiger partial charge in [0, 0.05) is 27.3 Å². The predicted molar refractivity (Wildman–Crippen MR) is 178 cm³/mol. The van der Waals surface area contributed by atoms with Gasteiger partial charge in [-0.1, -0.05) is 164 Å². The van der Waals surface area contributed by atoms with E-state index in [-0.39, 0.29) is 27.9 Å². The summed E-state index contributed by atoms with van der Waals surface area (Å²) >= 11 is 19.8. The van der Waals surface area contributed by atoms with Gasteiger partial charge in [0.25, 0.3) is 0 Å². The van der Waals surface area contributed by atoms with Gasteiger partial charge in [0.15, 0.2) is 0 Å². The number of rotatable bonds is 23. The number of hydrogen-bond acceptors (Lipinski definition) is 1. The molecule has 0 bridgehead atoms. The largest absolute Gasteiger partial charge is 0.508 e. The standard InChI is InChI=1S/C35H53Cl3O.H2O/c1-2-3-4-5-6-7-8-9-10-11-12-13-14-15-16-17-21-24-30(36)27-33(38)35(29-22-19-18-20-23-29)32-26-25-31(37)28-34(32)39;/h18-20,22-23,25-26,28,30,33,35,39H,2-17,21,24,27H2,1H3;1H2. The van der Waals surface area contributed by atoms with Gasteiger partial charge in [-0.2, -0.15) is 0 Å². The third-order valence-corrected chi connectivity index (χ3v) is 9.01. The molecule has 2 nitrogen and oxygen atoms in total. The maximum Gasteiger partial charge on any atom is 0.120 e. The Bertz CT molecular complexity index is 861. The van der Waals surface area contributed by atoms with Gasteiger partial charge in [0.1, 0.15) is 5.75 Å². The number of phenolic OH excluding ortho intramolecular Hbond substituents is 1. The molecule has 0 radical (unpaired) electrons. The van der Waals surface area contributed by atoms with E-state index in [1.807, 2.05) is 30.3 Å². The van der Waals surface area contributed by atoms with Gasteiger partial charge in [-0.25, -0.2) is 0 Å². The van der Waals surface area contributed by atoms with E-state index < -0.39 is 0 Å². The van der Waals surface area contributed by atoms with Crippen LogP contribution in [0.15, 0.2) is 48.5 Å². The van der Waals surface area contributed by atoms with Crippen molar-refractivity contribution in [1.29, 1.82) is 0 Å². The molecule has 3 atom stereocenters. The molecule has 0 saturated carbocycles. The van der Waals surface area contributed by atoms with Crippen LogP contribution in [-0.2, 0) is 0 Å². The molecule has 228 valence electrons. The number of halogens is 3. The Labute approximate surface area is 260 Å². The average molecular weight is 614 g/mol. The molecule has 2 aromatic carbocycles. The van der Waals surface area contributed by atoms with E-state index in [2.05, 4.69) is 19.1 Å². The quantitative estimate of drug-likeness (QED) is 0.0983. The first-order chi connectivity index (χ1) is 19.0. The molecular weight excluding hydrogens is 559 g/mol. The summed E-state index contributed by atoms with van der Waals surface area (Å²) in [6.45, 7) is 2.29. The van der Waals surface area contributed by atoms with E-state index in [4.69, 9.17) is 34.8 Å². The summed E-state index contributed by atoms with van der Waals surface area (Å²) in [5.41, 5.74) is 1.88. The minimum absolute atomic E-state index is 0. The molecule has 0 amide bonds. The van der Waals surface area contributed by atoms with Crippen molar-refractivity contribution in [3.63, 3.8) is 0 Å². The van der Waals surface area contributed by atoms with E-state index >= 15 is 0 Å². The highest BCUT2D eigenvalue weighted by molar-refractivity contribution is 6.30. The lowest BCUT2D eigenvalue weighted by atomic mass is 9.85. The van der Waals surface area contributed by atoms with Crippen molar-refractivity contribution in [3.05, 3.63) is 64.7 Å². The van der Waals surface area contributed by atoms with E-state index in [0.717, 1.165) is 24.0 Å². The number of aromatic hydroxyl groups is 1. The van der Waals surface area contributed by atoms with Crippen LogP contribution in [0, 0.1) is 0 Å². The normalized spacial score (nSPS) is 13.5. The maximum absolute atomic E-state index is 10.6. The third kappa shape index (κ3) is 15.9. The molecule has 2 aromatic rings. The number of alkyl halides is 2. The smallest absolute Gasteiger partial charge is 0.120 e. The Morgan fingerprint density at radius 1 is 0.650 bits per heavy atom. The van der Waals surface area contributed by atoms with Crippen molar-refractivity contribution in [3.8, 4) is 5.75 Å². The third-order valence-electron chi connectivity index (χ3n) is 7.95. The molecule has 3 unspecified atom stereocenters. The first kappa shape index (κ1) is 37.1. The summed E-state index contributed by atoms with van der Waals surface area (Å²) in [4.78, 5) is 0. The van der Waals surface area contributed by atoms with Crippen molar-refractivity contribution in [2.45, 2.75) is 146 Å². The van der Waals surface area contributed by atoms with E-state index in [1.165, 1.54) is 103 Å². The monoisotopic (exact) mass is 612 g/mol. The molecule has 0 heterocycles. The van der Waals surface area contributed by atoms with Gasteiger partial charge in [-0.05, 0) is 30.5 Å². The van der Waals surface area contributed by atoms with Gasteiger partial charge in [0.2, 0.25) is 0 Å². The van der Waals surface area contributed by atoms with Gasteiger partial charge in [-0.3, -0.25) is 0 Å². The maximum atomic E-state index is 10.6. The molecular formula is C35H55Cl3O2. The lowest BCUT2D eigenvalue weighted by Crippen LogP contribution is -2.19. The lowest BCUT2D eigenvalue weighted by molar-refractivity contribution is 0.461. The fraction of sp³-hybridized carbons (Fsp3) is 0.657. The van der Waals surface area contributed by atoms with Crippen LogP contribution in [-0.4, -0.2) is 21.3 Å². The molecule has 0 aliphatic heterocycles. The topological polar surface area (TPSA) is 51.7 Å². The second-order valence-corrected chi connectivity index (χ2v) is 13.0. The highest BCUT2D eigenvalue weighted by atomic mass is 35.5. The molecule has 0 saturated heterocycles. The number of hydrogen-bond donors (Lipinski definition) is 1. The average Bonchev–Trinajstić information content (AvgIpc) is 2.92. The van der Waals surface area contributed by atoms with Crippen LogP contribution < -0.4 is 0 Å². The van der Waals surface area contributed by atoms with Crippen LogP contribution in [0.4, 0.5) is 0 Å². The van der Waals surface area contributed by atoms with E-state index in [9.17, 15) is 5.11 Å². The second-order valence-electron chi connectivity index (χ2n) is 11.4. The summed E-state index contributed by atoms with van der Waals surface area (Å²) < 4.78 is 0. The van der Waals surface area contributed by atoms with Crippen LogP contribution in [0.1, 0.15) is 146 Å². The van der Waals surface area contributed by atoms with Crippen LogP contribution in [0.25, 0.3) is 0 Å². The minimum atomic E-state index is -0.215. The molecule has 40 heavy (non-hydrogen) atoms. The van der Waals surface area contributed by atoms with Gasteiger partial charge >= 0.3 is 0 Å². The Balaban J connectivity index is 0.00000800. The molecule has 0 fully saturated rings. The Morgan fingerprint density at radius 3 is 1.60 bits per heavy atom. The number of unbranched alkanes of at least 4 members (excludes halogenated alkanes) is 16. The van der Waals surface area contributed by atoms with Crippen molar-refractivity contribution < 1.29 is 10.6 Å². The van der Waals surface area contributed by atoms with Crippen molar-refractivity contribution in [2.24, 2.45) is 0 Å². The number of benzene rings is 2. The molecule has 2 rings (SSSR count). The summed E-state index contributed by atoms with van der Waals surface area (Å²) in [6, 6.07) is 15.4. The zero-order chi connectivity index (χ0) is 28.1. The van der Waals surface area contributed by atoms with Gasteiger partial charge in [-0.15, -0.1) is 23.2 Å². The minimum Gasteiger partial charge on any atom is -0.508 e. The molecule has 0 aliphatic rings. The first-order valence-corrected chi connectivity index (χ1v) is 17.1. The van der Waals surface area contributed by atoms with Crippen LogP contribution in [0.5, 0.6) is 5.75 Å². The highest BCUT2D eigenvalue weighted by Gasteiger charge is 2.27. The summed E-state index contributed by atoms with van der Waals surface area (Å²) in [5.74, 6) is 0.0447. The Kier molecular flexibility index (Phi) is 21.9. The fourth-order valence-corrected chi connectivity index (χ4v) is 6.71. The Morgan fingerprint density at radius 2 is 1.12 bits per heavy atom. The number of phenols is 1. The predicted octanol–water partition coefficient (Wildman–Crippen LogP) is 12.0. The highest BCUT2D eigenvalue weighted by Crippen LogP contribution is 2.39. The summed E-state index contributed by atoms with van der Waals surface area (Å²) in [5, 5.41) is 10.9. The van der Waals surface area contributed by atoms with Crippen molar-refractivity contribution in [1.82, 2.24) is 0 Å². The zero-order valence-electron chi connectivity index (χ0n) is 24.9. The van der Waals surface area contributed by atoms with Crippen LogP contribution in [0.3, 0.4) is 0 Å². The first-order valence-electron chi connectivity index (χ1n) is 15.8. The van der Waals surface area contributed by atoms with Gasteiger partial charge < -0.3 is 10.6 Å². The summed E-state index contributed by atoms with van der Waals surface area (Å²) in [7, 11) is 0. The molecule has 0 aromatic heterocycles. The SMILES string of the molecule is CCCCCCCCCCCCCCCCCCCC(Cl)CC(Cl)C(c1ccccc1)c1ccc(Cl)cc1O.O. The van der Waals surface area contributed by atoms with Crippen LogP contribution >= 0.6 is 34.8 Å². The summed E-state index contributed by atoms with van der Waals surface area (Å²) in [6.07, 6.45) is 25.1. The molecule has 0 aliphatic carbocycles. The van der Waals surface area contributed by atoms with Gasteiger partial charge in [0.05, 0.1) is 0 Å². The molecule has 5 heteroatoms. The lowest BCUT2D eigenvalue weighted by Gasteiger charge is -2.26. The molecule has 0 spiro atoms. The fourth-order valence-electron chi connectivity index (χ4n) is 5.61. The van der Waals surface area contributed by atoms with Crippen molar-refractivity contribution in [2.75, 3.05) is 0 Å². The van der Waals surface area contributed by atoms with Crippen LogP contribution in [0.2, 0.25) is 5.02 Å². The van der Waals surface area contributed by atoms with E-state index in [1.54, 1.807) is 6.07 Å². The van der Waals surface area contributed by atoms with E-state index in [0.29, 0.717) is 11.4 Å².